The molecule has 1 heterocycles. The first-order valence-electron chi connectivity index (χ1n) is 3.57. The van der Waals surface area contributed by atoms with Gasteiger partial charge in [0.25, 0.3) is 0 Å². The van der Waals surface area contributed by atoms with Crippen LogP contribution in [0, 0.1) is 5.92 Å². The van der Waals surface area contributed by atoms with Crippen LogP contribution >= 0.6 is 0 Å². The van der Waals surface area contributed by atoms with Crippen LogP contribution in [0.15, 0.2) is 11.6 Å². The fourth-order valence-corrected chi connectivity index (χ4v) is 1.49. The Labute approximate surface area is 57.4 Å². The maximum atomic E-state index is 2.36. The minimum absolute atomic E-state index is 0.792. The lowest BCUT2D eigenvalue weighted by Crippen LogP contribution is -2.12. The van der Waals surface area contributed by atoms with Crippen molar-refractivity contribution in [3.8, 4) is 0 Å². The molecule has 0 N–H and O–H groups in total. The van der Waals surface area contributed by atoms with Gasteiger partial charge >= 0.3 is 0 Å². The molecule has 9 heavy (non-hydrogen) atoms. The average molecular weight is 125 g/mol. The summed E-state index contributed by atoms with van der Waals surface area (Å²) in [5, 5.41) is 0. The quantitative estimate of drug-likeness (QED) is 0.444. The van der Waals surface area contributed by atoms with Crippen LogP contribution in [0.25, 0.3) is 0 Å². The first-order valence-corrected chi connectivity index (χ1v) is 3.57. The lowest BCUT2D eigenvalue weighted by molar-refractivity contribution is 0.402. The lowest BCUT2D eigenvalue weighted by atomic mass is 10.1. The van der Waals surface area contributed by atoms with Gasteiger partial charge in [-0.3, -0.25) is 0 Å². The van der Waals surface area contributed by atoms with Gasteiger partial charge in [-0.2, -0.15) is 0 Å². The minimum Gasteiger partial charge on any atom is -0.302 e. The van der Waals surface area contributed by atoms with Crippen molar-refractivity contribution < 1.29 is 0 Å². The number of likely N-dealkylation sites (N-methyl/N-ethyl adjacent to an activating group) is 1. The van der Waals surface area contributed by atoms with E-state index >= 15 is 0 Å². The molecule has 0 bridgehead atoms. The molecular formula is C8H15N. The summed E-state index contributed by atoms with van der Waals surface area (Å²) in [6.45, 7) is 6.83. The van der Waals surface area contributed by atoms with E-state index in [0.29, 0.717) is 0 Å². The monoisotopic (exact) mass is 125 g/mol. The molecule has 1 rings (SSSR count). The Balaban J connectivity index is 2.58. The smallest absolute Gasteiger partial charge is 0.0193 e. The largest absolute Gasteiger partial charge is 0.302 e. The summed E-state index contributed by atoms with van der Waals surface area (Å²) in [7, 11) is 2.17. The van der Waals surface area contributed by atoms with Crippen molar-refractivity contribution in [2.75, 3.05) is 20.1 Å². The van der Waals surface area contributed by atoms with Crippen LogP contribution in [0.4, 0.5) is 0 Å². The van der Waals surface area contributed by atoms with Crippen LogP contribution < -0.4 is 0 Å². The van der Waals surface area contributed by atoms with Crippen LogP contribution in [0.3, 0.4) is 0 Å². The van der Waals surface area contributed by atoms with Gasteiger partial charge in [0, 0.05) is 13.1 Å². The van der Waals surface area contributed by atoms with Gasteiger partial charge in [-0.25, -0.2) is 0 Å². The second-order valence-corrected chi connectivity index (χ2v) is 2.96. The summed E-state index contributed by atoms with van der Waals surface area (Å²) in [6, 6.07) is 0. The number of likely N-dealkylation sites (tertiary alicyclic amines) is 1. The Morgan fingerprint density at radius 1 is 1.67 bits per heavy atom. The fraction of sp³-hybridized carbons (Fsp3) is 0.750. The Bertz CT molecular complexity index is 127. The fourth-order valence-electron chi connectivity index (χ4n) is 1.49. The summed E-state index contributed by atoms with van der Waals surface area (Å²) in [6.07, 6.45) is 2.24. The maximum absolute atomic E-state index is 2.36. The van der Waals surface area contributed by atoms with Gasteiger partial charge in [0.2, 0.25) is 0 Å². The van der Waals surface area contributed by atoms with Crippen molar-refractivity contribution in [3.05, 3.63) is 11.6 Å². The standard InChI is InChI=1S/C8H15N/c1-4-8-6-9(3)5-7(8)2/h4,7H,5-6H2,1-3H3. The summed E-state index contributed by atoms with van der Waals surface area (Å²) in [5.74, 6) is 0.792. The predicted octanol–water partition coefficient (Wildman–Crippen LogP) is 1.51. The molecule has 0 aliphatic carbocycles. The van der Waals surface area contributed by atoms with Gasteiger partial charge in [-0.05, 0) is 19.9 Å². The molecule has 0 saturated carbocycles. The molecule has 52 valence electrons. The zero-order valence-electron chi connectivity index (χ0n) is 6.52. The van der Waals surface area contributed by atoms with Crippen molar-refractivity contribution >= 4 is 0 Å². The van der Waals surface area contributed by atoms with Gasteiger partial charge in [-0.15, -0.1) is 0 Å². The zero-order chi connectivity index (χ0) is 6.85. The van der Waals surface area contributed by atoms with Crippen LogP contribution in [-0.2, 0) is 0 Å². The Morgan fingerprint density at radius 2 is 2.33 bits per heavy atom. The SMILES string of the molecule is CC=C1CN(C)CC1C. The number of allylic oxidation sites excluding steroid dienone is 1. The average Bonchev–Trinajstić information content (AvgIpc) is 2.10. The second kappa shape index (κ2) is 2.53. The summed E-state index contributed by atoms with van der Waals surface area (Å²) in [4.78, 5) is 2.36. The summed E-state index contributed by atoms with van der Waals surface area (Å²) >= 11 is 0. The molecule has 1 aliphatic rings. The van der Waals surface area contributed by atoms with Crippen LogP contribution in [0.2, 0.25) is 0 Å². The van der Waals surface area contributed by atoms with Crippen molar-refractivity contribution in [1.82, 2.24) is 4.90 Å². The van der Waals surface area contributed by atoms with Gasteiger partial charge < -0.3 is 4.90 Å². The molecule has 1 unspecified atom stereocenters. The van der Waals surface area contributed by atoms with Crippen molar-refractivity contribution in [2.24, 2.45) is 5.92 Å². The molecule has 1 aliphatic heterocycles. The third kappa shape index (κ3) is 1.33. The van der Waals surface area contributed by atoms with Crippen LogP contribution in [0.1, 0.15) is 13.8 Å². The molecule has 0 spiro atoms. The molecule has 0 aromatic carbocycles. The molecule has 0 aromatic heterocycles. The molecule has 1 nitrogen and oxygen atoms in total. The summed E-state index contributed by atoms with van der Waals surface area (Å²) < 4.78 is 0. The first-order chi connectivity index (χ1) is 4.24. The normalized spacial score (nSPS) is 34.1. The number of hydrogen-bond donors (Lipinski definition) is 0. The molecule has 0 aromatic rings. The van der Waals surface area contributed by atoms with E-state index < -0.39 is 0 Å². The van der Waals surface area contributed by atoms with Gasteiger partial charge in [-0.1, -0.05) is 18.6 Å². The first kappa shape index (κ1) is 6.81. The van der Waals surface area contributed by atoms with Crippen molar-refractivity contribution in [2.45, 2.75) is 13.8 Å². The van der Waals surface area contributed by atoms with E-state index in [0.717, 1.165) is 5.92 Å². The lowest BCUT2D eigenvalue weighted by Gasteiger charge is -2.02. The molecule has 1 saturated heterocycles. The Morgan fingerprint density at radius 3 is 2.56 bits per heavy atom. The third-order valence-corrected chi connectivity index (χ3v) is 2.04. The zero-order valence-corrected chi connectivity index (χ0v) is 6.52. The highest BCUT2D eigenvalue weighted by Crippen LogP contribution is 2.19. The summed E-state index contributed by atoms with van der Waals surface area (Å²) in [5.41, 5.74) is 1.59. The van der Waals surface area contributed by atoms with E-state index in [9.17, 15) is 0 Å². The second-order valence-electron chi connectivity index (χ2n) is 2.96. The number of hydrogen-bond acceptors (Lipinski definition) is 1. The topological polar surface area (TPSA) is 3.24 Å². The van der Waals surface area contributed by atoms with Gasteiger partial charge in [0.05, 0.1) is 0 Å². The van der Waals surface area contributed by atoms with Crippen molar-refractivity contribution in [3.63, 3.8) is 0 Å². The number of rotatable bonds is 0. The molecule has 0 radical (unpaired) electrons. The highest BCUT2D eigenvalue weighted by molar-refractivity contribution is 5.11. The van der Waals surface area contributed by atoms with Crippen LogP contribution in [0.5, 0.6) is 0 Å². The predicted molar refractivity (Wildman–Crippen MR) is 40.4 cm³/mol. The molecule has 1 heteroatoms. The third-order valence-electron chi connectivity index (χ3n) is 2.04. The van der Waals surface area contributed by atoms with E-state index in [2.05, 4.69) is 31.9 Å². The van der Waals surface area contributed by atoms with E-state index in [1.165, 1.54) is 13.1 Å². The van der Waals surface area contributed by atoms with E-state index in [1.54, 1.807) is 5.57 Å². The van der Waals surface area contributed by atoms with Gasteiger partial charge in [0.1, 0.15) is 0 Å². The van der Waals surface area contributed by atoms with E-state index in [-0.39, 0.29) is 0 Å². The van der Waals surface area contributed by atoms with Gasteiger partial charge in [0.15, 0.2) is 0 Å². The maximum Gasteiger partial charge on any atom is 0.0193 e. The molecule has 1 atom stereocenters. The minimum atomic E-state index is 0.792. The highest BCUT2D eigenvalue weighted by atomic mass is 15.1. The van der Waals surface area contributed by atoms with E-state index in [1.807, 2.05) is 0 Å². The molecular weight excluding hydrogens is 110 g/mol. The Hall–Kier alpha value is -0.300. The van der Waals surface area contributed by atoms with Crippen LogP contribution in [-0.4, -0.2) is 25.0 Å². The molecule has 1 fully saturated rings. The van der Waals surface area contributed by atoms with E-state index in [4.69, 9.17) is 0 Å². The highest BCUT2D eigenvalue weighted by Gasteiger charge is 2.18. The number of nitrogens with zero attached hydrogens (tertiary/aromatic N) is 1. The molecule has 0 amide bonds. The van der Waals surface area contributed by atoms with Crippen molar-refractivity contribution in [1.29, 1.82) is 0 Å². The Kier molecular flexibility index (Phi) is 1.91.